The van der Waals surface area contributed by atoms with E-state index in [-0.39, 0.29) is 10.6 Å². The van der Waals surface area contributed by atoms with Crippen LogP contribution in [-0.2, 0) is 14.8 Å². The Morgan fingerprint density at radius 3 is 2.45 bits per heavy atom. The minimum absolute atomic E-state index is 0.0842. The molecule has 1 heterocycles. The molecule has 0 aliphatic rings. The molecule has 0 radical (unpaired) electrons. The Hall–Kier alpha value is -3.52. The number of hydrogen-bond donors (Lipinski definition) is 1. The molecule has 1 aromatic heterocycles. The van der Waals surface area contributed by atoms with Crippen LogP contribution in [0.3, 0.4) is 0 Å². The van der Waals surface area contributed by atoms with Crippen molar-refractivity contribution in [2.45, 2.75) is 25.7 Å². The van der Waals surface area contributed by atoms with Gasteiger partial charge in [-0.15, -0.1) is 0 Å². The molecule has 0 fully saturated rings. The average Bonchev–Trinajstić information content (AvgIpc) is 2.78. The number of anilines is 1. The van der Waals surface area contributed by atoms with Crippen LogP contribution in [0.5, 0.6) is 0 Å². The first-order valence-electron chi connectivity index (χ1n) is 9.67. The molecule has 0 saturated heterocycles. The zero-order valence-electron chi connectivity index (χ0n) is 17.6. The van der Waals surface area contributed by atoms with Gasteiger partial charge in [0.05, 0.1) is 23.0 Å². The Morgan fingerprint density at radius 1 is 1.03 bits per heavy atom. The molecule has 31 heavy (non-hydrogen) atoms. The molecule has 3 rings (SSSR count). The summed E-state index contributed by atoms with van der Waals surface area (Å²) in [6.45, 7) is 5.61. The van der Waals surface area contributed by atoms with Gasteiger partial charge in [0.2, 0.25) is 0 Å². The lowest BCUT2D eigenvalue weighted by Crippen LogP contribution is -2.39. The van der Waals surface area contributed by atoms with E-state index in [4.69, 9.17) is 0 Å². The number of rotatable bonds is 7. The van der Waals surface area contributed by atoms with E-state index in [1.807, 2.05) is 32.9 Å². The zero-order chi connectivity index (χ0) is 22.4. The number of carbonyl (C=O) groups excluding carboxylic acids is 1. The van der Waals surface area contributed by atoms with Crippen molar-refractivity contribution in [1.82, 2.24) is 10.4 Å². The quantitative estimate of drug-likeness (QED) is 0.454. The summed E-state index contributed by atoms with van der Waals surface area (Å²) in [5.74, 6) is -0.568. The summed E-state index contributed by atoms with van der Waals surface area (Å²) in [5.41, 5.74) is 6.99. The number of aryl methyl sites for hydroxylation is 1. The van der Waals surface area contributed by atoms with Crippen molar-refractivity contribution in [3.8, 4) is 0 Å². The number of pyridine rings is 1. The molecule has 1 amide bonds. The first kappa shape index (κ1) is 22.2. The predicted octanol–water partition coefficient (Wildman–Crippen LogP) is 3.35. The number of carbonyl (C=O) groups is 1. The maximum Gasteiger partial charge on any atom is 0.264 e. The first-order valence-corrected chi connectivity index (χ1v) is 11.1. The largest absolute Gasteiger partial charge is 0.271 e. The van der Waals surface area contributed by atoms with Crippen molar-refractivity contribution in [3.05, 3.63) is 89.2 Å². The summed E-state index contributed by atoms with van der Waals surface area (Å²) in [5, 5.41) is 4.01. The van der Waals surface area contributed by atoms with E-state index in [1.165, 1.54) is 30.1 Å². The van der Waals surface area contributed by atoms with Gasteiger partial charge in [-0.1, -0.05) is 30.3 Å². The van der Waals surface area contributed by atoms with Crippen LogP contribution in [0.15, 0.2) is 77.0 Å². The zero-order valence-corrected chi connectivity index (χ0v) is 18.4. The Balaban J connectivity index is 1.81. The van der Waals surface area contributed by atoms with Crippen LogP contribution < -0.4 is 9.73 Å². The predicted molar refractivity (Wildman–Crippen MR) is 122 cm³/mol. The first-order chi connectivity index (χ1) is 14.8. The van der Waals surface area contributed by atoms with Crippen molar-refractivity contribution in [1.29, 1.82) is 0 Å². The Labute approximate surface area is 182 Å². The minimum atomic E-state index is -3.96. The van der Waals surface area contributed by atoms with Gasteiger partial charge in [0.25, 0.3) is 15.9 Å². The smallest absolute Gasteiger partial charge is 0.264 e. The van der Waals surface area contributed by atoms with E-state index in [9.17, 15) is 13.2 Å². The monoisotopic (exact) mass is 436 g/mol. The van der Waals surface area contributed by atoms with Gasteiger partial charge in [0.1, 0.15) is 6.54 Å². The molecule has 0 saturated carbocycles. The van der Waals surface area contributed by atoms with Gasteiger partial charge in [-0.05, 0) is 67.3 Å². The lowest BCUT2D eigenvalue weighted by atomic mass is 10.00. The van der Waals surface area contributed by atoms with Crippen LogP contribution in [-0.4, -0.2) is 32.1 Å². The molecule has 0 unspecified atom stereocenters. The lowest BCUT2D eigenvalue weighted by molar-refractivity contribution is -0.119. The van der Waals surface area contributed by atoms with Gasteiger partial charge >= 0.3 is 0 Å². The summed E-state index contributed by atoms with van der Waals surface area (Å²) in [7, 11) is -3.96. The molecular weight excluding hydrogens is 412 g/mol. The highest BCUT2D eigenvalue weighted by molar-refractivity contribution is 7.92. The van der Waals surface area contributed by atoms with Crippen LogP contribution in [0.4, 0.5) is 5.69 Å². The maximum atomic E-state index is 13.2. The van der Waals surface area contributed by atoms with E-state index < -0.39 is 22.5 Å². The van der Waals surface area contributed by atoms with E-state index in [0.717, 1.165) is 21.0 Å². The second-order valence-electron chi connectivity index (χ2n) is 7.05. The Kier molecular flexibility index (Phi) is 6.81. The topological polar surface area (TPSA) is 91.7 Å². The normalized spacial score (nSPS) is 11.5. The third-order valence-corrected chi connectivity index (χ3v) is 6.83. The third kappa shape index (κ3) is 5.16. The molecule has 3 aromatic rings. The van der Waals surface area contributed by atoms with Crippen LogP contribution in [0.1, 0.15) is 22.3 Å². The summed E-state index contributed by atoms with van der Waals surface area (Å²) in [6, 6.07) is 15.1. The van der Waals surface area contributed by atoms with Crippen LogP contribution >= 0.6 is 0 Å². The molecule has 0 aliphatic carbocycles. The number of benzene rings is 2. The molecule has 0 aliphatic heterocycles. The van der Waals surface area contributed by atoms with E-state index in [2.05, 4.69) is 15.5 Å². The van der Waals surface area contributed by atoms with Gasteiger partial charge in [0.15, 0.2) is 0 Å². The van der Waals surface area contributed by atoms with Gasteiger partial charge in [-0.2, -0.15) is 5.10 Å². The number of hydrogen-bond acceptors (Lipinski definition) is 5. The summed E-state index contributed by atoms with van der Waals surface area (Å²) < 4.78 is 27.3. The summed E-state index contributed by atoms with van der Waals surface area (Å²) in [4.78, 5) is 16.6. The molecule has 160 valence electrons. The average molecular weight is 437 g/mol. The molecule has 0 atom stereocenters. The van der Waals surface area contributed by atoms with Gasteiger partial charge < -0.3 is 0 Å². The number of hydrazone groups is 1. The van der Waals surface area contributed by atoms with E-state index in [1.54, 1.807) is 36.5 Å². The SMILES string of the molecule is Cc1ccc(/C=N\NC(=O)CN(c2cccnc2)S(=O)(=O)c2ccccc2)c(C)c1C. The molecule has 7 nitrogen and oxygen atoms in total. The van der Waals surface area contributed by atoms with Crippen LogP contribution in [0.25, 0.3) is 0 Å². The van der Waals surface area contributed by atoms with Crippen molar-refractivity contribution >= 4 is 27.8 Å². The minimum Gasteiger partial charge on any atom is -0.271 e. The third-order valence-electron chi connectivity index (χ3n) is 5.05. The van der Waals surface area contributed by atoms with Crippen molar-refractivity contribution in [3.63, 3.8) is 0 Å². The van der Waals surface area contributed by atoms with Crippen molar-refractivity contribution < 1.29 is 13.2 Å². The molecule has 2 aromatic carbocycles. The molecule has 1 N–H and O–H groups in total. The van der Waals surface area contributed by atoms with Crippen LogP contribution in [0.2, 0.25) is 0 Å². The number of nitrogens with one attached hydrogen (secondary N) is 1. The van der Waals surface area contributed by atoms with Crippen molar-refractivity contribution in [2.24, 2.45) is 5.10 Å². The second kappa shape index (κ2) is 9.53. The highest BCUT2D eigenvalue weighted by Gasteiger charge is 2.27. The highest BCUT2D eigenvalue weighted by Crippen LogP contribution is 2.22. The molecule has 0 spiro atoms. The number of amides is 1. The van der Waals surface area contributed by atoms with Crippen molar-refractivity contribution in [2.75, 3.05) is 10.8 Å². The van der Waals surface area contributed by atoms with Gasteiger partial charge in [-0.3, -0.25) is 14.1 Å². The van der Waals surface area contributed by atoms with Gasteiger partial charge in [0, 0.05) is 6.20 Å². The fraction of sp³-hybridized carbons (Fsp3) is 0.174. The van der Waals surface area contributed by atoms with Crippen LogP contribution in [0, 0.1) is 20.8 Å². The number of nitrogens with zero attached hydrogens (tertiary/aromatic N) is 3. The van der Waals surface area contributed by atoms with Gasteiger partial charge in [-0.25, -0.2) is 13.8 Å². The number of sulfonamides is 1. The molecule has 8 heteroatoms. The standard InChI is InChI=1S/C23H24N4O3S/c1-17-11-12-20(19(3)18(17)2)14-25-26-23(28)16-27(21-8-7-13-24-15-21)31(29,30)22-9-5-4-6-10-22/h4-15H,16H2,1-3H3,(H,26,28)/b25-14-. The van der Waals surface area contributed by atoms with E-state index >= 15 is 0 Å². The molecule has 0 bridgehead atoms. The second-order valence-corrected chi connectivity index (χ2v) is 8.91. The summed E-state index contributed by atoms with van der Waals surface area (Å²) >= 11 is 0. The summed E-state index contributed by atoms with van der Waals surface area (Å²) in [6.07, 6.45) is 4.49. The Morgan fingerprint density at radius 2 is 1.77 bits per heavy atom. The fourth-order valence-corrected chi connectivity index (χ4v) is 4.42. The maximum absolute atomic E-state index is 13.2. The Bertz CT molecular complexity index is 1190. The lowest BCUT2D eigenvalue weighted by Gasteiger charge is -2.23. The number of aromatic nitrogens is 1. The molecular formula is C23H24N4O3S. The fourth-order valence-electron chi connectivity index (χ4n) is 2.99. The van der Waals surface area contributed by atoms with E-state index in [0.29, 0.717) is 0 Å². The highest BCUT2D eigenvalue weighted by atomic mass is 32.2.